The molecular weight excluding hydrogens is 240 g/mol. The van der Waals surface area contributed by atoms with Crippen LogP contribution in [0.25, 0.3) is 0 Å². The van der Waals surface area contributed by atoms with Gasteiger partial charge in [0.25, 0.3) is 0 Å². The van der Waals surface area contributed by atoms with E-state index in [9.17, 15) is 10.1 Å². The average Bonchev–Trinajstić information content (AvgIpc) is 2.41. The molecule has 4 heteroatoms. The lowest BCUT2D eigenvalue weighted by Gasteiger charge is -2.13. The minimum absolute atomic E-state index is 0.0474. The van der Waals surface area contributed by atoms with E-state index in [4.69, 9.17) is 4.74 Å². The van der Waals surface area contributed by atoms with Crippen molar-refractivity contribution in [2.24, 2.45) is 0 Å². The summed E-state index contributed by atoms with van der Waals surface area (Å²) in [5.41, 5.74) is 0.928. The van der Waals surface area contributed by atoms with Gasteiger partial charge in [0.05, 0.1) is 18.6 Å². The lowest BCUT2D eigenvalue weighted by molar-refractivity contribution is -0.128. The molecule has 0 radical (unpaired) electrons. The molecule has 1 aromatic rings. The fourth-order valence-corrected chi connectivity index (χ4v) is 1.76. The number of nitrogens with zero attached hydrogens (tertiary/aromatic N) is 2. The first kappa shape index (κ1) is 15.0. The molecular formula is C15H20N2O2. The van der Waals surface area contributed by atoms with E-state index in [1.807, 2.05) is 31.2 Å². The largest absolute Gasteiger partial charge is 0.494 e. The zero-order valence-corrected chi connectivity index (χ0v) is 11.7. The van der Waals surface area contributed by atoms with Crippen LogP contribution < -0.4 is 4.74 Å². The molecule has 1 atom stereocenters. The lowest BCUT2D eigenvalue weighted by atomic mass is 9.95. The maximum Gasteiger partial charge on any atom is 0.222 e. The van der Waals surface area contributed by atoms with Crippen LogP contribution in [0.4, 0.5) is 0 Å². The molecule has 0 saturated heterocycles. The van der Waals surface area contributed by atoms with Gasteiger partial charge in [-0.15, -0.1) is 0 Å². The quantitative estimate of drug-likeness (QED) is 0.790. The maximum absolute atomic E-state index is 11.5. The molecule has 4 nitrogen and oxygen atoms in total. The molecule has 0 aromatic heterocycles. The number of hydrogen-bond acceptors (Lipinski definition) is 3. The molecule has 0 spiro atoms. The molecule has 1 amide bonds. The molecule has 0 heterocycles. The van der Waals surface area contributed by atoms with E-state index in [1.165, 1.54) is 0 Å². The van der Waals surface area contributed by atoms with E-state index < -0.39 is 0 Å². The molecule has 102 valence electrons. The highest BCUT2D eigenvalue weighted by molar-refractivity contribution is 5.75. The summed E-state index contributed by atoms with van der Waals surface area (Å²) in [5, 5.41) is 9.20. The summed E-state index contributed by atoms with van der Waals surface area (Å²) >= 11 is 0. The van der Waals surface area contributed by atoms with Gasteiger partial charge in [0.1, 0.15) is 5.75 Å². The van der Waals surface area contributed by atoms with Gasteiger partial charge < -0.3 is 9.64 Å². The van der Waals surface area contributed by atoms with Crippen molar-refractivity contribution in [3.63, 3.8) is 0 Å². The Balaban J connectivity index is 2.65. The van der Waals surface area contributed by atoms with Gasteiger partial charge in [-0.25, -0.2) is 0 Å². The van der Waals surface area contributed by atoms with E-state index in [0.29, 0.717) is 19.4 Å². The van der Waals surface area contributed by atoms with Crippen LogP contribution in [-0.4, -0.2) is 31.5 Å². The summed E-state index contributed by atoms with van der Waals surface area (Å²) in [4.78, 5) is 13.1. The summed E-state index contributed by atoms with van der Waals surface area (Å²) < 4.78 is 5.36. The van der Waals surface area contributed by atoms with Crippen molar-refractivity contribution in [3.8, 4) is 11.8 Å². The Kier molecular flexibility index (Phi) is 5.87. The average molecular weight is 260 g/mol. The minimum atomic E-state index is -0.250. The zero-order chi connectivity index (χ0) is 14.3. The number of nitriles is 1. The van der Waals surface area contributed by atoms with E-state index >= 15 is 0 Å². The summed E-state index contributed by atoms with van der Waals surface area (Å²) in [6.45, 7) is 2.55. The number of carbonyl (C=O) groups excluding carboxylic acids is 1. The Hall–Kier alpha value is -2.02. The van der Waals surface area contributed by atoms with Crippen molar-refractivity contribution in [3.05, 3.63) is 29.8 Å². The molecule has 0 aliphatic rings. The zero-order valence-electron chi connectivity index (χ0n) is 11.7. The Bertz CT molecular complexity index is 446. The van der Waals surface area contributed by atoms with Crippen LogP contribution in [0.2, 0.25) is 0 Å². The van der Waals surface area contributed by atoms with E-state index in [0.717, 1.165) is 11.3 Å². The topological polar surface area (TPSA) is 53.3 Å². The monoisotopic (exact) mass is 260 g/mol. The highest BCUT2D eigenvalue weighted by Gasteiger charge is 2.13. The third kappa shape index (κ3) is 4.63. The normalized spacial score (nSPS) is 11.5. The van der Waals surface area contributed by atoms with Crippen LogP contribution in [0.15, 0.2) is 24.3 Å². The van der Waals surface area contributed by atoms with Gasteiger partial charge in [-0.3, -0.25) is 4.79 Å². The maximum atomic E-state index is 11.5. The summed E-state index contributed by atoms with van der Waals surface area (Å²) in [5.74, 6) is 0.595. The van der Waals surface area contributed by atoms with E-state index in [1.54, 1.807) is 19.0 Å². The van der Waals surface area contributed by atoms with Crippen molar-refractivity contribution < 1.29 is 9.53 Å². The van der Waals surface area contributed by atoms with Gasteiger partial charge in [0.15, 0.2) is 0 Å². The van der Waals surface area contributed by atoms with Crippen molar-refractivity contribution in [2.45, 2.75) is 25.7 Å². The molecule has 1 aromatic carbocycles. The van der Waals surface area contributed by atoms with Crippen LogP contribution in [0, 0.1) is 11.3 Å². The molecule has 0 bridgehead atoms. The predicted molar refractivity (Wildman–Crippen MR) is 73.9 cm³/mol. The van der Waals surface area contributed by atoms with Gasteiger partial charge in [-0.1, -0.05) is 12.1 Å². The summed E-state index contributed by atoms with van der Waals surface area (Å²) in [6.07, 6.45) is 0.930. The number of amides is 1. The summed E-state index contributed by atoms with van der Waals surface area (Å²) in [7, 11) is 3.45. The number of carbonyl (C=O) groups is 1. The van der Waals surface area contributed by atoms with Gasteiger partial charge in [0.2, 0.25) is 5.91 Å². The Morgan fingerprint density at radius 2 is 2.00 bits per heavy atom. The predicted octanol–water partition coefficient (Wildman–Crippen LogP) is 2.56. The van der Waals surface area contributed by atoms with Crippen molar-refractivity contribution in [1.29, 1.82) is 5.26 Å². The standard InChI is InChI=1S/C15H20N2O2/c1-4-19-14-8-5-12(6-9-14)13(11-16)7-10-15(18)17(2)3/h5-6,8-9,13H,4,7,10H2,1-3H3. The van der Waals surface area contributed by atoms with Gasteiger partial charge in [-0.2, -0.15) is 5.26 Å². The highest BCUT2D eigenvalue weighted by atomic mass is 16.5. The van der Waals surface area contributed by atoms with Crippen LogP contribution in [0.3, 0.4) is 0 Å². The van der Waals surface area contributed by atoms with Crippen molar-refractivity contribution in [1.82, 2.24) is 4.90 Å². The van der Waals surface area contributed by atoms with Gasteiger partial charge in [0, 0.05) is 20.5 Å². The van der Waals surface area contributed by atoms with Crippen LogP contribution in [-0.2, 0) is 4.79 Å². The fourth-order valence-electron chi connectivity index (χ4n) is 1.76. The first-order valence-corrected chi connectivity index (χ1v) is 6.41. The number of hydrogen-bond donors (Lipinski definition) is 0. The Morgan fingerprint density at radius 3 is 2.47 bits per heavy atom. The van der Waals surface area contributed by atoms with Crippen LogP contribution in [0.5, 0.6) is 5.75 Å². The molecule has 1 unspecified atom stereocenters. The van der Waals surface area contributed by atoms with E-state index in [-0.39, 0.29) is 11.8 Å². The molecule has 0 N–H and O–H groups in total. The smallest absolute Gasteiger partial charge is 0.222 e. The molecule has 1 rings (SSSR count). The molecule has 0 fully saturated rings. The SMILES string of the molecule is CCOc1ccc(C(C#N)CCC(=O)N(C)C)cc1. The minimum Gasteiger partial charge on any atom is -0.494 e. The second kappa shape index (κ2) is 7.42. The number of benzene rings is 1. The fraction of sp³-hybridized carbons (Fsp3) is 0.467. The van der Waals surface area contributed by atoms with Gasteiger partial charge >= 0.3 is 0 Å². The number of rotatable bonds is 6. The third-order valence-electron chi connectivity index (χ3n) is 2.89. The van der Waals surface area contributed by atoms with Crippen LogP contribution >= 0.6 is 0 Å². The summed E-state index contributed by atoms with van der Waals surface area (Å²) in [6, 6.07) is 9.74. The van der Waals surface area contributed by atoms with E-state index in [2.05, 4.69) is 6.07 Å². The molecule has 19 heavy (non-hydrogen) atoms. The Labute approximate surface area is 114 Å². The van der Waals surface area contributed by atoms with Gasteiger partial charge in [-0.05, 0) is 31.0 Å². The van der Waals surface area contributed by atoms with Crippen molar-refractivity contribution >= 4 is 5.91 Å². The first-order valence-electron chi connectivity index (χ1n) is 6.41. The Morgan fingerprint density at radius 1 is 1.37 bits per heavy atom. The second-order valence-corrected chi connectivity index (χ2v) is 4.51. The second-order valence-electron chi connectivity index (χ2n) is 4.51. The lowest BCUT2D eigenvalue weighted by Crippen LogP contribution is -2.21. The van der Waals surface area contributed by atoms with Crippen LogP contribution in [0.1, 0.15) is 31.2 Å². The third-order valence-corrected chi connectivity index (χ3v) is 2.89. The molecule has 0 aliphatic carbocycles. The number of ether oxygens (including phenoxy) is 1. The molecule has 0 saturated carbocycles. The first-order chi connectivity index (χ1) is 9.08. The van der Waals surface area contributed by atoms with Crippen molar-refractivity contribution in [2.75, 3.05) is 20.7 Å². The highest BCUT2D eigenvalue weighted by Crippen LogP contribution is 2.23. The molecule has 0 aliphatic heterocycles.